The third-order valence-electron chi connectivity index (χ3n) is 2.31. The first-order chi connectivity index (χ1) is 7.65. The lowest BCUT2D eigenvalue weighted by molar-refractivity contribution is 0.0707. The van der Waals surface area contributed by atoms with Crippen molar-refractivity contribution in [2.45, 2.75) is 39.8 Å². The molecule has 0 saturated carbocycles. The van der Waals surface area contributed by atoms with Gasteiger partial charge in [0.05, 0.1) is 0 Å². The van der Waals surface area contributed by atoms with Crippen LogP contribution in [0.5, 0.6) is 0 Å². The monoisotopic (exact) mass is 226 g/mol. The van der Waals surface area contributed by atoms with Crippen LogP contribution >= 0.6 is 0 Å². The lowest BCUT2D eigenvalue weighted by atomic mass is 10.3. The minimum atomic E-state index is -0.425. The molecule has 0 aliphatic heterocycles. The van der Waals surface area contributed by atoms with Crippen LogP contribution in [0.1, 0.15) is 31.7 Å². The molecular weight excluding hydrogens is 208 g/mol. The van der Waals surface area contributed by atoms with Crippen molar-refractivity contribution in [3.8, 4) is 0 Å². The van der Waals surface area contributed by atoms with E-state index in [2.05, 4.69) is 11.9 Å². The second-order valence-corrected chi connectivity index (χ2v) is 3.79. The molecule has 0 radical (unpaired) electrons. The van der Waals surface area contributed by atoms with Gasteiger partial charge in [-0.1, -0.05) is 19.8 Å². The van der Waals surface area contributed by atoms with Crippen LogP contribution in [0.15, 0.2) is 15.8 Å². The summed E-state index contributed by atoms with van der Waals surface area (Å²) in [5.74, 6) is 0. The smallest absolute Gasteiger partial charge is 0.330 e. The van der Waals surface area contributed by atoms with E-state index in [-0.39, 0.29) is 12.3 Å². The lowest BCUT2D eigenvalue weighted by Gasteiger charge is -2.06. The van der Waals surface area contributed by atoms with Crippen LogP contribution in [0.3, 0.4) is 0 Å². The first-order valence-corrected chi connectivity index (χ1v) is 5.53. The Hall–Kier alpha value is -1.36. The van der Waals surface area contributed by atoms with Crippen molar-refractivity contribution in [3.63, 3.8) is 0 Å². The Morgan fingerprint density at radius 1 is 1.38 bits per heavy atom. The Kier molecular flexibility index (Phi) is 4.98. The van der Waals surface area contributed by atoms with Crippen LogP contribution in [0.2, 0.25) is 0 Å². The highest BCUT2D eigenvalue weighted by molar-refractivity contribution is 5.00. The number of ether oxygens (including phenoxy) is 1. The number of rotatable bonds is 6. The van der Waals surface area contributed by atoms with Crippen LogP contribution in [0, 0.1) is 6.92 Å². The lowest BCUT2D eigenvalue weighted by Crippen LogP contribution is -2.31. The summed E-state index contributed by atoms with van der Waals surface area (Å²) in [7, 11) is 0. The van der Waals surface area contributed by atoms with Crippen LogP contribution in [0.25, 0.3) is 0 Å². The summed E-state index contributed by atoms with van der Waals surface area (Å²) in [5.41, 5.74) is -0.255. The summed E-state index contributed by atoms with van der Waals surface area (Å²) in [6, 6.07) is 0. The minimum absolute atomic E-state index is 0.195. The number of hydrogen-bond donors (Lipinski definition) is 1. The molecule has 0 aliphatic carbocycles. The molecule has 1 heterocycles. The molecule has 0 aliphatic rings. The minimum Gasteiger partial charge on any atom is -0.361 e. The first-order valence-electron chi connectivity index (χ1n) is 5.53. The number of nitrogens with zero attached hydrogens (tertiary/aromatic N) is 1. The average molecular weight is 226 g/mol. The molecule has 90 valence electrons. The zero-order valence-electron chi connectivity index (χ0n) is 9.78. The van der Waals surface area contributed by atoms with Gasteiger partial charge in [-0.25, -0.2) is 4.79 Å². The molecule has 1 aromatic heterocycles. The maximum absolute atomic E-state index is 11.3. The average Bonchev–Trinajstić information content (AvgIpc) is 2.25. The maximum atomic E-state index is 11.3. The van der Waals surface area contributed by atoms with Crippen molar-refractivity contribution in [1.29, 1.82) is 0 Å². The molecule has 5 nitrogen and oxygen atoms in total. The largest absolute Gasteiger partial charge is 0.361 e. The molecule has 0 fully saturated rings. The molecule has 0 atom stereocenters. The van der Waals surface area contributed by atoms with E-state index < -0.39 is 5.69 Å². The summed E-state index contributed by atoms with van der Waals surface area (Å²) >= 11 is 0. The number of aromatic amines is 1. The van der Waals surface area contributed by atoms with E-state index in [0.717, 1.165) is 19.3 Å². The van der Waals surface area contributed by atoms with Gasteiger partial charge in [0.15, 0.2) is 0 Å². The highest BCUT2D eigenvalue weighted by Gasteiger charge is 1.99. The number of H-pyrrole nitrogens is 1. The first kappa shape index (κ1) is 12.7. The number of hydrogen-bond acceptors (Lipinski definition) is 3. The molecule has 0 amide bonds. The SMILES string of the molecule is CCCCCOCn1cc(C)c(=O)[nH]c1=O. The summed E-state index contributed by atoms with van der Waals surface area (Å²) in [4.78, 5) is 24.7. The highest BCUT2D eigenvalue weighted by atomic mass is 16.5. The number of unbranched alkanes of at least 4 members (excludes halogenated alkanes) is 2. The molecule has 0 bridgehead atoms. The third kappa shape index (κ3) is 3.66. The Balaban J connectivity index is 2.51. The fourth-order valence-corrected chi connectivity index (χ4v) is 1.33. The van der Waals surface area contributed by atoms with Gasteiger partial charge in [0.25, 0.3) is 5.56 Å². The molecular formula is C11H18N2O3. The van der Waals surface area contributed by atoms with Crippen molar-refractivity contribution in [1.82, 2.24) is 9.55 Å². The van der Waals surface area contributed by atoms with Gasteiger partial charge in [0.2, 0.25) is 0 Å². The van der Waals surface area contributed by atoms with Crippen molar-refractivity contribution in [2.75, 3.05) is 6.61 Å². The van der Waals surface area contributed by atoms with Crippen molar-refractivity contribution in [3.05, 3.63) is 32.6 Å². The number of aryl methyl sites for hydroxylation is 1. The third-order valence-corrected chi connectivity index (χ3v) is 2.31. The van der Waals surface area contributed by atoms with Crippen LogP contribution < -0.4 is 11.2 Å². The van der Waals surface area contributed by atoms with E-state index in [1.54, 1.807) is 6.92 Å². The topological polar surface area (TPSA) is 64.1 Å². The normalized spacial score (nSPS) is 10.6. The fourth-order valence-electron chi connectivity index (χ4n) is 1.33. The zero-order valence-corrected chi connectivity index (χ0v) is 9.78. The summed E-state index contributed by atoms with van der Waals surface area (Å²) in [6.07, 6.45) is 4.77. The Labute approximate surface area is 94.1 Å². The van der Waals surface area contributed by atoms with E-state index in [4.69, 9.17) is 4.74 Å². The van der Waals surface area contributed by atoms with Gasteiger partial charge < -0.3 is 4.74 Å². The van der Waals surface area contributed by atoms with Gasteiger partial charge in [0.1, 0.15) is 6.73 Å². The number of aromatic nitrogens is 2. The van der Waals surface area contributed by atoms with E-state index in [1.807, 2.05) is 0 Å². The van der Waals surface area contributed by atoms with Gasteiger partial charge in [-0.15, -0.1) is 0 Å². The maximum Gasteiger partial charge on any atom is 0.330 e. The van der Waals surface area contributed by atoms with Crippen molar-refractivity contribution >= 4 is 0 Å². The van der Waals surface area contributed by atoms with Crippen molar-refractivity contribution in [2.24, 2.45) is 0 Å². The Morgan fingerprint density at radius 3 is 2.81 bits per heavy atom. The Bertz CT molecular complexity index is 434. The molecule has 0 spiro atoms. The van der Waals surface area contributed by atoms with Crippen LogP contribution in [-0.2, 0) is 11.5 Å². The number of nitrogens with one attached hydrogen (secondary N) is 1. The van der Waals surface area contributed by atoms with Crippen LogP contribution in [-0.4, -0.2) is 16.2 Å². The van der Waals surface area contributed by atoms with Crippen LogP contribution in [0.4, 0.5) is 0 Å². The summed E-state index contributed by atoms with van der Waals surface area (Å²) in [6.45, 7) is 4.61. The predicted molar refractivity (Wildman–Crippen MR) is 61.5 cm³/mol. The highest BCUT2D eigenvalue weighted by Crippen LogP contribution is 1.94. The molecule has 5 heteroatoms. The summed E-state index contributed by atoms with van der Waals surface area (Å²) in [5, 5.41) is 0. The van der Waals surface area contributed by atoms with Gasteiger partial charge in [0, 0.05) is 18.4 Å². The van der Waals surface area contributed by atoms with E-state index in [9.17, 15) is 9.59 Å². The van der Waals surface area contributed by atoms with E-state index >= 15 is 0 Å². The summed E-state index contributed by atoms with van der Waals surface area (Å²) < 4.78 is 6.70. The second kappa shape index (κ2) is 6.27. The van der Waals surface area contributed by atoms with Gasteiger partial charge in [-0.05, 0) is 13.3 Å². The fraction of sp³-hybridized carbons (Fsp3) is 0.636. The van der Waals surface area contributed by atoms with Gasteiger partial charge in [-0.2, -0.15) is 0 Å². The molecule has 1 N–H and O–H groups in total. The van der Waals surface area contributed by atoms with Crippen molar-refractivity contribution < 1.29 is 4.74 Å². The predicted octanol–water partition coefficient (Wildman–Crippen LogP) is 1.01. The molecule has 0 aromatic carbocycles. The quantitative estimate of drug-likeness (QED) is 0.736. The standard InChI is InChI=1S/C11H18N2O3/c1-3-4-5-6-16-8-13-7-9(2)10(14)12-11(13)15/h7H,3-6,8H2,1-2H3,(H,12,14,15). The zero-order chi connectivity index (χ0) is 12.0. The Morgan fingerprint density at radius 2 is 2.12 bits per heavy atom. The molecule has 16 heavy (non-hydrogen) atoms. The van der Waals surface area contributed by atoms with E-state index in [0.29, 0.717) is 12.2 Å². The molecule has 1 rings (SSSR count). The molecule has 0 unspecified atom stereocenters. The van der Waals surface area contributed by atoms with Gasteiger partial charge in [-0.3, -0.25) is 14.3 Å². The second-order valence-electron chi connectivity index (χ2n) is 3.79. The molecule has 1 aromatic rings. The van der Waals surface area contributed by atoms with Gasteiger partial charge >= 0.3 is 5.69 Å². The van der Waals surface area contributed by atoms with E-state index in [1.165, 1.54) is 10.8 Å². The molecule has 0 saturated heterocycles.